The van der Waals surface area contributed by atoms with Crippen LogP contribution in [0.2, 0.25) is 0 Å². The molecule has 3 aromatic rings. The number of carbonyl (C=O) groups is 1. The van der Waals surface area contributed by atoms with Gasteiger partial charge in [0.05, 0.1) is 5.52 Å². The van der Waals surface area contributed by atoms with Crippen LogP contribution in [0.3, 0.4) is 0 Å². The summed E-state index contributed by atoms with van der Waals surface area (Å²) >= 11 is 0. The summed E-state index contributed by atoms with van der Waals surface area (Å²) in [4.78, 5) is 28.7. The van der Waals surface area contributed by atoms with Crippen molar-refractivity contribution in [2.45, 2.75) is 46.2 Å². The van der Waals surface area contributed by atoms with Gasteiger partial charge < -0.3 is 14.6 Å². The van der Waals surface area contributed by atoms with Crippen LogP contribution in [0.4, 0.5) is 0 Å². The molecule has 3 rings (SSSR count). The van der Waals surface area contributed by atoms with Crippen molar-refractivity contribution >= 4 is 16.8 Å². The molecular formula is C23H27N3O3. The van der Waals surface area contributed by atoms with Gasteiger partial charge in [0, 0.05) is 43.0 Å². The minimum absolute atomic E-state index is 0.00436. The van der Waals surface area contributed by atoms with E-state index in [1.165, 1.54) is 0 Å². The summed E-state index contributed by atoms with van der Waals surface area (Å²) in [5.74, 6) is 0.609. The summed E-state index contributed by atoms with van der Waals surface area (Å²) in [5.41, 5.74) is 2.84. The maximum absolute atomic E-state index is 12.6. The summed E-state index contributed by atoms with van der Waals surface area (Å²) in [7, 11) is 0. The van der Waals surface area contributed by atoms with Gasteiger partial charge in [0.25, 0.3) is 11.5 Å². The van der Waals surface area contributed by atoms with Crippen LogP contribution in [0, 0.1) is 0 Å². The topological polar surface area (TPSA) is 73.2 Å². The fourth-order valence-electron chi connectivity index (χ4n) is 3.31. The zero-order valence-electron chi connectivity index (χ0n) is 17.1. The van der Waals surface area contributed by atoms with E-state index in [4.69, 9.17) is 4.74 Å². The molecule has 1 N–H and O–H groups in total. The number of hydrogen-bond acceptors (Lipinski definition) is 4. The predicted molar refractivity (Wildman–Crippen MR) is 114 cm³/mol. The standard InChI is InChI=1S/C23H27N3O3/c1-4-11-26-21-12-18(5-6-19(21)20(16(2)3)13-23(26)28)29-15-22(27)25-14-17-7-9-24-10-8-17/h5-10,12-13,16H,4,11,14-15H2,1-3H3,(H,25,27). The Hall–Kier alpha value is -3.15. The molecule has 152 valence electrons. The van der Waals surface area contributed by atoms with Gasteiger partial charge in [-0.1, -0.05) is 20.8 Å². The zero-order valence-corrected chi connectivity index (χ0v) is 17.1. The highest BCUT2D eigenvalue weighted by Crippen LogP contribution is 2.27. The van der Waals surface area contributed by atoms with Crippen molar-refractivity contribution < 1.29 is 9.53 Å². The second kappa shape index (κ2) is 9.37. The maximum atomic E-state index is 12.6. The van der Waals surface area contributed by atoms with E-state index in [-0.39, 0.29) is 24.0 Å². The third-order valence-electron chi connectivity index (χ3n) is 4.79. The quantitative estimate of drug-likeness (QED) is 0.634. The van der Waals surface area contributed by atoms with Crippen molar-refractivity contribution in [3.8, 4) is 5.75 Å². The number of rotatable bonds is 8. The van der Waals surface area contributed by atoms with E-state index in [1.54, 1.807) is 23.0 Å². The average molecular weight is 393 g/mol. The number of carbonyl (C=O) groups excluding carboxylic acids is 1. The van der Waals surface area contributed by atoms with Gasteiger partial charge >= 0.3 is 0 Å². The summed E-state index contributed by atoms with van der Waals surface area (Å²) in [6.07, 6.45) is 4.24. The first-order valence-corrected chi connectivity index (χ1v) is 9.95. The van der Waals surface area contributed by atoms with Gasteiger partial charge in [-0.15, -0.1) is 0 Å². The number of aryl methyl sites for hydroxylation is 1. The lowest BCUT2D eigenvalue weighted by atomic mass is 9.98. The van der Waals surface area contributed by atoms with E-state index in [1.807, 2.05) is 37.3 Å². The molecule has 0 spiro atoms. The van der Waals surface area contributed by atoms with Crippen LogP contribution in [0.25, 0.3) is 10.9 Å². The normalized spacial score (nSPS) is 11.0. The molecule has 0 fully saturated rings. The summed E-state index contributed by atoms with van der Waals surface area (Å²) in [6, 6.07) is 11.1. The van der Waals surface area contributed by atoms with Gasteiger partial charge in [-0.05, 0) is 47.7 Å². The van der Waals surface area contributed by atoms with Crippen molar-refractivity contribution in [1.82, 2.24) is 14.9 Å². The first-order chi connectivity index (χ1) is 14.0. The molecule has 0 radical (unpaired) electrons. The Morgan fingerprint density at radius 1 is 1.17 bits per heavy atom. The minimum atomic E-state index is -0.205. The fourth-order valence-corrected chi connectivity index (χ4v) is 3.31. The molecule has 0 saturated heterocycles. The molecule has 1 amide bonds. The Labute approximate surface area is 170 Å². The summed E-state index contributed by atoms with van der Waals surface area (Å²) in [6.45, 7) is 7.19. The highest BCUT2D eigenvalue weighted by Gasteiger charge is 2.13. The monoisotopic (exact) mass is 393 g/mol. The smallest absolute Gasteiger partial charge is 0.258 e. The maximum Gasteiger partial charge on any atom is 0.258 e. The first kappa shape index (κ1) is 20.6. The number of aromatic nitrogens is 2. The zero-order chi connectivity index (χ0) is 20.8. The number of ether oxygens (including phenoxy) is 1. The molecule has 29 heavy (non-hydrogen) atoms. The van der Waals surface area contributed by atoms with Crippen molar-refractivity contribution in [3.63, 3.8) is 0 Å². The molecular weight excluding hydrogens is 366 g/mol. The molecule has 2 aromatic heterocycles. The van der Waals surface area contributed by atoms with Crippen LogP contribution in [0.15, 0.2) is 53.6 Å². The van der Waals surface area contributed by atoms with Crippen molar-refractivity contribution in [3.05, 3.63) is 70.3 Å². The van der Waals surface area contributed by atoms with Crippen molar-refractivity contribution in [2.24, 2.45) is 0 Å². The molecule has 0 unspecified atom stereocenters. The van der Waals surface area contributed by atoms with Crippen molar-refractivity contribution in [2.75, 3.05) is 6.61 Å². The fraction of sp³-hybridized carbons (Fsp3) is 0.348. The second-order valence-electron chi connectivity index (χ2n) is 7.34. The van der Waals surface area contributed by atoms with Gasteiger partial charge in [0.2, 0.25) is 0 Å². The van der Waals surface area contributed by atoms with E-state index in [2.05, 4.69) is 24.1 Å². The molecule has 0 aliphatic carbocycles. The van der Waals surface area contributed by atoms with Crippen LogP contribution in [0.1, 0.15) is 44.2 Å². The number of nitrogens with one attached hydrogen (secondary N) is 1. The van der Waals surface area contributed by atoms with E-state index in [9.17, 15) is 9.59 Å². The van der Waals surface area contributed by atoms with Crippen LogP contribution in [0.5, 0.6) is 5.75 Å². The number of nitrogens with zero attached hydrogens (tertiary/aromatic N) is 2. The highest BCUT2D eigenvalue weighted by molar-refractivity contribution is 5.84. The lowest BCUT2D eigenvalue weighted by molar-refractivity contribution is -0.123. The molecule has 6 heteroatoms. The molecule has 6 nitrogen and oxygen atoms in total. The average Bonchev–Trinajstić information content (AvgIpc) is 2.73. The first-order valence-electron chi connectivity index (χ1n) is 9.95. The van der Waals surface area contributed by atoms with Gasteiger partial charge in [-0.3, -0.25) is 14.6 Å². The summed E-state index contributed by atoms with van der Waals surface area (Å²) < 4.78 is 7.47. The Morgan fingerprint density at radius 2 is 1.93 bits per heavy atom. The highest BCUT2D eigenvalue weighted by atomic mass is 16.5. The van der Waals surface area contributed by atoms with E-state index in [0.717, 1.165) is 28.5 Å². The molecule has 0 aliphatic heterocycles. The second-order valence-corrected chi connectivity index (χ2v) is 7.34. The van der Waals surface area contributed by atoms with Gasteiger partial charge in [0.1, 0.15) is 5.75 Å². The molecule has 0 saturated carbocycles. The van der Waals surface area contributed by atoms with Crippen LogP contribution in [-0.4, -0.2) is 22.1 Å². The van der Waals surface area contributed by atoms with Crippen LogP contribution < -0.4 is 15.6 Å². The summed E-state index contributed by atoms with van der Waals surface area (Å²) in [5, 5.41) is 3.87. The van der Waals surface area contributed by atoms with Gasteiger partial charge in [-0.25, -0.2) is 0 Å². The van der Waals surface area contributed by atoms with Gasteiger partial charge in [-0.2, -0.15) is 0 Å². The largest absolute Gasteiger partial charge is 0.484 e. The number of fused-ring (bicyclic) bond motifs is 1. The predicted octanol–water partition coefficient (Wildman–Crippen LogP) is 3.63. The van der Waals surface area contributed by atoms with Crippen molar-refractivity contribution in [1.29, 1.82) is 0 Å². The molecule has 0 atom stereocenters. The molecule has 0 aliphatic rings. The molecule has 1 aromatic carbocycles. The van der Waals surface area contributed by atoms with E-state index in [0.29, 0.717) is 18.8 Å². The number of amides is 1. The number of benzene rings is 1. The van der Waals surface area contributed by atoms with Gasteiger partial charge in [0.15, 0.2) is 6.61 Å². The van der Waals surface area contributed by atoms with E-state index >= 15 is 0 Å². The Balaban J connectivity index is 1.77. The number of hydrogen-bond donors (Lipinski definition) is 1. The van der Waals surface area contributed by atoms with Crippen LogP contribution >= 0.6 is 0 Å². The lowest BCUT2D eigenvalue weighted by Gasteiger charge is -2.16. The van der Waals surface area contributed by atoms with E-state index < -0.39 is 0 Å². The Kier molecular flexibility index (Phi) is 6.65. The third-order valence-corrected chi connectivity index (χ3v) is 4.79. The molecule has 0 bridgehead atoms. The lowest BCUT2D eigenvalue weighted by Crippen LogP contribution is -2.28. The third kappa shape index (κ3) is 5.02. The Morgan fingerprint density at radius 3 is 2.62 bits per heavy atom. The molecule has 2 heterocycles. The van der Waals surface area contributed by atoms with Crippen LogP contribution in [-0.2, 0) is 17.9 Å². The number of pyridine rings is 2. The minimum Gasteiger partial charge on any atom is -0.484 e. The Bertz CT molecular complexity index is 1040. The SMILES string of the molecule is CCCn1c(=O)cc(C(C)C)c2ccc(OCC(=O)NCc3ccncc3)cc21.